The van der Waals surface area contributed by atoms with Gasteiger partial charge < -0.3 is 14.8 Å². The predicted molar refractivity (Wildman–Crippen MR) is 93.7 cm³/mol. The van der Waals surface area contributed by atoms with E-state index in [4.69, 9.17) is 9.47 Å². The van der Waals surface area contributed by atoms with Crippen molar-refractivity contribution < 1.29 is 22.7 Å². The first-order chi connectivity index (χ1) is 12.0. The van der Waals surface area contributed by atoms with E-state index in [1.54, 1.807) is 24.3 Å². The molecule has 1 aliphatic rings. The van der Waals surface area contributed by atoms with E-state index in [9.17, 15) is 13.2 Å². The van der Waals surface area contributed by atoms with E-state index >= 15 is 0 Å². The van der Waals surface area contributed by atoms with E-state index in [-0.39, 0.29) is 30.1 Å². The average Bonchev–Trinajstić information content (AvgIpc) is 2.94. The Kier molecular flexibility index (Phi) is 5.23. The molecule has 1 heterocycles. The maximum Gasteiger partial charge on any atom is 0.258 e. The van der Waals surface area contributed by atoms with Crippen molar-refractivity contribution in [3.63, 3.8) is 0 Å². The number of para-hydroxylation sites is 1. The van der Waals surface area contributed by atoms with Gasteiger partial charge in [-0.25, -0.2) is 8.42 Å². The first kappa shape index (κ1) is 17.3. The van der Waals surface area contributed by atoms with Crippen molar-refractivity contribution in [3.05, 3.63) is 54.6 Å². The second-order valence-corrected chi connectivity index (χ2v) is 8.07. The number of carbonyl (C=O) groups is 1. The Balaban J connectivity index is 1.46. The minimum atomic E-state index is -3.01. The van der Waals surface area contributed by atoms with Crippen molar-refractivity contribution in [2.75, 3.05) is 18.1 Å². The summed E-state index contributed by atoms with van der Waals surface area (Å²) in [5, 5.41) is 2.68. The molecule has 132 valence electrons. The van der Waals surface area contributed by atoms with Crippen LogP contribution in [0.5, 0.6) is 17.2 Å². The fourth-order valence-corrected chi connectivity index (χ4v) is 4.23. The molecule has 6 nitrogen and oxygen atoms in total. The third-order valence-electron chi connectivity index (χ3n) is 3.77. The Morgan fingerprint density at radius 1 is 1.00 bits per heavy atom. The molecular weight excluding hydrogens is 342 g/mol. The van der Waals surface area contributed by atoms with Crippen LogP contribution in [0.25, 0.3) is 0 Å². The predicted octanol–water partition coefficient (Wildman–Crippen LogP) is 2.16. The van der Waals surface area contributed by atoms with Gasteiger partial charge in [-0.05, 0) is 42.8 Å². The largest absolute Gasteiger partial charge is 0.484 e. The van der Waals surface area contributed by atoms with E-state index in [0.29, 0.717) is 17.9 Å². The van der Waals surface area contributed by atoms with Gasteiger partial charge in [0.25, 0.3) is 5.91 Å². The Morgan fingerprint density at radius 2 is 1.64 bits per heavy atom. The van der Waals surface area contributed by atoms with Crippen LogP contribution in [0.4, 0.5) is 0 Å². The summed E-state index contributed by atoms with van der Waals surface area (Å²) in [6.45, 7) is -0.157. The maximum atomic E-state index is 11.8. The first-order valence-corrected chi connectivity index (χ1v) is 9.78. The minimum absolute atomic E-state index is 0.00423. The Bertz CT molecular complexity index is 818. The molecular formula is C18H19NO5S. The summed E-state index contributed by atoms with van der Waals surface area (Å²) >= 11 is 0. The third kappa shape index (κ3) is 5.22. The number of rotatable bonds is 6. The van der Waals surface area contributed by atoms with Crippen molar-refractivity contribution in [1.29, 1.82) is 0 Å². The van der Waals surface area contributed by atoms with Gasteiger partial charge in [-0.15, -0.1) is 0 Å². The molecule has 0 radical (unpaired) electrons. The number of benzene rings is 2. The second kappa shape index (κ2) is 7.57. The van der Waals surface area contributed by atoms with Crippen molar-refractivity contribution in [1.82, 2.24) is 5.32 Å². The molecule has 1 saturated heterocycles. The summed E-state index contributed by atoms with van der Waals surface area (Å²) < 4.78 is 33.8. The highest BCUT2D eigenvalue weighted by molar-refractivity contribution is 7.91. The van der Waals surface area contributed by atoms with E-state index in [1.165, 1.54) is 0 Å². The molecule has 1 atom stereocenters. The second-order valence-electron chi connectivity index (χ2n) is 5.84. The van der Waals surface area contributed by atoms with Gasteiger partial charge >= 0.3 is 0 Å². The van der Waals surface area contributed by atoms with Gasteiger partial charge in [0, 0.05) is 6.04 Å². The SMILES string of the molecule is O=C(COc1ccc(Oc2ccccc2)cc1)NC1CCS(=O)(=O)C1. The van der Waals surface area contributed by atoms with Gasteiger partial charge in [0.1, 0.15) is 17.2 Å². The van der Waals surface area contributed by atoms with Gasteiger partial charge in [0.2, 0.25) is 0 Å². The summed E-state index contributed by atoms with van der Waals surface area (Å²) in [6.07, 6.45) is 0.458. The van der Waals surface area contributed by atoms with Crippen LogP contribution < -0.4 is 14.8 Å². The molecule has 2 aromatic carbocycles. The van der Waals surface area contributed by atoms with Crippen LogP contribution >= 0.6 is 0 Å². The quantitative estimate of drug-likeness (QED) is 0.853. The van der Waals surface area contributed by atoms with Crippen LogP contribution in [0.2, 0.25) is 0 Å². The van der Waals surface area contributed by atoms with Crippen LogP contribution in [0, 0.1) is 0 Å². The first-order valence-electron chi connectivity index (χ1n) is 7.96. The number of sulfone groups is 1. The maximum absolute atomic E-state index is 11.8. The number of ether oxygens (including phenoxy) is 2. The smallest absolute Gasteiger partial charge is 0.258 e. The number of carbonyl (C=O) groups excluding carboxylic acids is 1. The van der Waals surface area contributed by atoms with Crippen LogP contribution in [0.1, 0.15) is 6.42 Å². The van der Waals surface area contributed by atoms with Gasteiger partial charge in [0.05, 0.1) is 11.5 Å². The lowest BCUT2D eigenvalue weighted by Crippen LogP contribution is -2.38. The molecule has 7 heteroatoms. The molecule has 0 saturated carbocycles. The Hall–Kier alpha value is -2.54. The number of amides is 1. The highest BCUT2D eigenvalue weighted by Crippen LogP contribution is 2.23. The van der Waals surface area contributed by atoms with E-state index < -0.39 is 9.84 Å². The highest BCUT2D eigenvalue weighted by atomic mass is 32.2. The zero-order valence-electron chi connectivity index (χ0n) is 13.6. The topological polar surface area (TPSA) is 81.7 Å². The minimum Gasteiger partial charge on any atom is -0.484 e. The molecule has 25 heavy (non-hydrogen) atoms. The summed E-state index contributed by atoms with van der Waals surface area (Å²) in [5.74, 6) is 1.74. The Morgan fingerprint density at radius 3 is 2.28 bits per heavy atom. The summed E-state index contributed by atoms with van der Waals surface area (Å²) in [4.78, 5) is 11.8. The number of nitrogens with one attached hydrogen (secondary N) is 1. The van der Waals surface area contributed by atoms with Crippen LogP contribution in [-0.4, -0.2) is 38.5 Å². The monoisotopic (exact) mass is 361 g/mol. The molecule has 0 aliphatic carbocycles. The molecule has 1 amide bonds. The van der Waals surface area contributed by atoms with Crippen LogP contribution in [-0.2, 0) is 14.6 Å². The molecule has 3 rings (SSSR count). The lowest BCUT2D eigenvalue weighted by molar-refractivity contribution is -0.123. The molecule has 1 unspecified atom stereocenters. The zero-order chi connectivity index (χ0) is 17.7. The van der Waals surface area contributed by atoms with Gasteiger partial charge in [-0.1, -0.05) is 18.2 Å². The van der Waals surface area contributed by atoms with Gasteiger partial charge in [-0.3, -0.25) is 4.79 Å². The molecule has 2 aromatic rings. The normalized spacial score (nSPS) is 18.5. The van der Waals surface area contributed by atoms with Crippen molar-refractivity contribution in [3.8, 4) is 17.2 Å². The number of hydrogen-bond donors (Lipinski definition) is 1. The van der Waals surface area contributed by atoms with Crippen LogP contribution in [0.3, 0.4) is 0 Å². The van der Waals surface area contributed by atoms with E-state index in [1.807, 2.05) is 30.3 Å². The fourth-order valence-electron chi connectivity index (χ4n) is 2.56. The van der Waals surface area contributed by atoms with Gasteiger partial charge in [-0.2, -0.15) is 0 Å². The van der Waals surface area contributed by atoms with Gasteiger partial charge in [0.15, 0.2) is 16.4 Å². The molecule has 1 aliphatic heterocycles. The molecule has 1 N–H and O–H groups in total. The van der Waals surface area contributed by atoms with Crippen LogP contribution in [0.15, 0.2) is 54.6 Å². The van der Waals surface area contributed by atoms with Crippen molar-refractivity contribution >= 4 is 15.7 Å². The van der Waals surface area contributed by atoms with E-state index in [0.717, 1.165) is 5.75 Å². The Labute approximate surface area is 146 Å². The molecule has 0 spiro atoms. The molecule has 0 aromatic heterocycles. The van der Waals surface area contributed by atoms with Crippen molar-refractivity contribution in [2.45, 2.75) is 12.5 Å². The lowest BCUT2D eigenvalue weighted by Gasteiger charge is -2.12. The summed E-state index contributed by atoms with van der Waals surface area (Å²) in [6, 6.07) is 16.0. The highest BCUT2D eigenvalue weighted by Gasteiger charge is 2.28. The number of hydrogen-bond acceptors (Lipinski definition) is 5. The van der Waals surface area contributed by atoms with E-state index in [2.05, 4.69) is 5.32 Å². The lowest BCUT2D eigenvalue weighted by atomic mass is 10.2. The standard InChI is InChI=1S/C18H19NO5S/c20-18(19-14-10-11-25(21,22)13-14)12-23-15-6-8-17(9-7-15)24-16-4-2-1-3-5-16/h1-9,14H,10-13H2,(H,19,20). The molecule has 0 bridgehead atoms. The average molecular weight is 361 g/mol. The van der Waals surface area contributed by atoms with Crippen molar-refractivity contribution in [2.24, 2.45) is 0 Å². The fraction of sp³-hybridized carbons (Fsp3) is 0.278. The third-order valence-corrected chi connectivity index (χ3v) is 5.54. The zero-order valence-corrected chi connectivity index (χ0v) is 14.4. The summed E-state index contributed by atoms with van der Waals surface area (Å²) in [7, 11) is -3.01. The molecule has 1 fully saturated rings. The summed E-state index contributed by atoms with van der Waals surface area (Å²) in [5.41, 5.74) is 0.